The molecule has 6 aliphatic rings. The van der Waals surface area contributed by atoms with Crippen molar-refractivity contribution in [1.82, 2.24) is 0 Å². The molecule has 0 amide bonds. The topological polar surface area (TPSA) is 0 Å². The van der Waals surface area contributed by atoms with E-state index in [1.807, 2.05) is 0 Å². The van der Waals surface area contributed by atoms with Crippen molar-refractivity contribution >= 4 is 15.9 Å². The summed E-state index contributed by atoms with van der Waals surface area (Å²) in [5.74, 6) is 8.23. The van der Waals surface area contributed by atoms with Gasteiger partial charge < -0.3 is 0 Å². The molecule has 6 bridgehead atoms. The van der Waals surface area contributed by atoms with E-state index >= 15 is 0 Å². The van der Waals surface area contributed by atoms with Crippen LogP contribution < -0.4 is 0 Å². The molecule has 6 rings (SSSR count). The summed E-state index contributed by atoms with van der Waals surface area (Å²) in [5, 5.41) is 0. The van der Waals surface area contributed by atoms with E-state index in [9.17, 15) is 0 Å². The van der Waals surface area contributed by atoms with Gasteiger partial charge in [-0.2, -0.15) is 0 Å². The fourth-order valence-electron chi connectivity index (χ4n) is 6.49. The highest BCUT2D eigenvalue weighted by atomic mass is 79.9. The van der Waals surface area contributed by atoms with Crippen LogP contribution in [0.2, 0.25) is 0 Å². The molecule has 6 saturated carbocycles. The molecule has 0 N–H and O–H groups in total. The number of hydrogen-bond donors (Lipinski definition) is 0. The highest BCUT2D eigenvalue weighted by Gasteiger charge is 2.82. The molecule has 0 nitrogen and oxygen atoms in total. The van der Waals surface area contributed by atoms with Gasteiger partial charge in [0, 0.05) is 4.32 Å². The Morgan fingerprint density at radius 3 is 2.67 bits per heavy atom. The fraction of sp³-hybridized carbons (Fsp3) is 1.00. The van der Waals surface area contributed by atoms with Crippen molar-refractivity contribution in [3.63, 3.8) is 0 Å². The molecule has 0 aromatic carbocycles. The Bertz CT molecular complexity index is 297. The minimum Gasteiger partial charge on any atom is -0.0847 e. The molecule has 0 aromatic heterocycles. The van der Waals surface area contributed by atoms with Gasteiger partial charge in [0.25, 0.3) is 0 Å². The molecule has 8 unspecified atom stereocenters. The van der Waals surface area contributed by atoms with Crippen molar-refractivity contribution in [2.24, 2.45) is 41.4 Å². The molecule has 6 fully saturated rings. The molecule has 64 valence electrons. The third kappa shape index (κ3) is 0.329. The van der Waals surface area contributed by atoms with Gasteiger partial charge in [0.1, 0.15) is 0 Å². The number of alkyl halides is 1. The average molecular weight is 225 g/mol. The standard InChI is InChI=1S/C11H13Br/c12-11-3-7-5-1-4-6(10(5)11)2-8(11)9(4)7/h4-10H,1-3H2. The molecular weight excluding hydrogens is 212 g/mol. The van der Waals surface area contributed by atoms with Gasteiger partial charge in [-0.3, -0.25) is 0 Å². The van der Waals surface area contributed by atoms with Gasteiger partial charge in [0.05, 0.1) is 0 Å². The van der Waals surface area contributed by atoms with Crippen molar-refractivity contribution in [3.8, 4) is 0 Å². The van der Waals surface area contributed by atoms with Crippen LogP contribution in [0.3, 0.4) is 0 Å². The molecule has 0 aromatic rings. The quantitative estimate of drug-likeness (QED) is 0.556. The summed E-state index contributed by atoms with van der Waals surface area (Å²) in [6, 6.07) is 0. The Labute approximate surface area is 81.2 Å². The SMILES string of the molecule is BrC12CC3C4CC5C(CC1C35)C42. The molecule has 0 radical (unpaired) electrons. The van der Waals surface area contributed by atoms with Crippen LogP contribution in [0.4, 0.5) is 0 Å². The summed E-state index contributed by atoms with van der Waals surface area (Å²) in [6.45, 7) is 0. The number of hydrogen-bond acceptors (Lipinski definition) is 0. The minimum absolute atomic E-state index is 0.685. The van der Waals surface area contributed by atoms with Crippen LogP contribution in [-0.4, -0.2) is 4.32 Å². The zero-order valence-electron chi connectivity index (χ0n) is 7.04. The van der Waals surface area contributed by atoms with Gasteiger partial charge >= 0.3 is 0 Å². The van der Waals surface area contributed by atoms with E-state index in [2.05, 4.69) is 15.9 Å². The van der Waals surface area contributed by atoms with E-state index in [-0.39, 0.29) is 0 Å². The Kier molecular flexibility index (Phi) is 0.685. The molecule has 0 heterocycles. The predicted octanol–water partition coefficient (Wildman–Crippen LogP) is 2.67. The van der Waals surface area contributed by atoms with E-state index in [1.54, 1.807) is 19.3 Å². The predicted molar refractivity (Wildman–Crippen MR) is 49.9 cm³/mol. The zero-order chi connectivity index (χ0) is 7.66. The van der Waals surface area contributed by atoms with Gasteiger partial charge in [-0.1, -0.05) is 15.9 Å². The first-order valence-corrected chi connectivity index (χ1v) is 6.29. The number of halogens is 1. The van der Waals surface area contributed by atoms with Crippen LogP contribution in [0, 0.1) is 41.4 Å². The first kappa shape index (κ1) is 6.06. The number of rotatable bonds is 0. The van der Waals surface area contributed by atoms with Gasteiger partial charge in [-0.05, 0) is 60.7 Å². The lowest BCUT2D eigenvalue weighted by Gasteiger charge is -2.38. The van der Waals surface area contributed by atoms with Crippen molar-refractivity contribution in [3.05, 3.63) is 0 Å². The molecule has 0 aliphatic heterocycles. The van der Waals surface area contributed by atoms with E-state index < -0.39 is 0 Å². The summed E-state index contributed by atoms with van der Waals surface area (Å²) in [5.41, 5.74) is 0. The van der Waals surface area contributed by atoms with Crippen molar-refractivity contribution in [1.29, 1.82) is 0 Å². The van der Waals surface area contributed by atoms with Gasteiger partial charge in [0.15, 0.2) is 0 Å². The van der Waals surface area contributed by atoms with Crippen molar-refractivity contribution in [2.75, 3.05) is 0 Å². The Balaban J connectivity index is 1.93. The summed E-state index contributed by atoms with van der Waals surface area (Å²) in [4.78, 5) is 0. The first-order valence-electron chi connectivity index (χ1n) is 5.49. The molecule has 6 aliphatic carbocycles. The Morgan fingerprint density at radius 2 is 1.83 bits per heavy atom. The van der Waals surface area contributed by atoms with E-state index in [4.69, 9.17) is 0 Å². The summed E-state index contributed by atoms with van der Waals surface area (Å²) in [6.07, 6.45) is 4.80. The van der Waals surface area contributed by atoms with Gasteiger partial charge in [-0.25, -0.2) is 0 Å². The molecule has 0 saturated heterocycles. The molecule has 12 heavy (non-hydrogen) atoms. The largest absolute Gasteiger partial charge is 0.0847 e. The summed E-state index contributed by atoms with van der Waals surface area (Å²) < 4.78 is 0.685. The second-order valence-corrected chi connectivity index (χ2v) is 7.44. The minimum atomic E-state index is 0.685. The van der Waals surface area contributed by atoms with E-state index in [1.165, 1.54) is 29.6 Å². The van der Waals surface area contributed by atoms with Crippen molar-refractivity contribution < 1.29 is 0 Å². The summed E-state index contributed by atoms with van der Waals surface area (Å²) in [7, 11) is 0. The highest BCUT2D eigenvalue weighted by molar-refractivity contribution is 9.10. The maximum atomic E-state index is 4.12. The molecule has 8 atom stereocenters. The second kappa shape index (κ2) is 1.36. The normalized spacial score (nSPS) is 85.2. The van der Waals surface area contributed by atoms with E-state index in [0.29, 0.717) is 4.32 Å². The maximum Gasteiger partial charge on any atom is 0.0325 e. The fourth-order valence-corrected chi connectivity index (χ4v) is 8.03. The Hall–Kier alpha value is 0.480. The summed E-state index contributed by atoms with van der Waals surface area (Å²) >= 11 is 4.12. The molecular formula is C11H13Br. The molecule has 1 heteroatoms. The van der Waals surface area contributed by atoms with Crippen LogP contribution in [0.1, 0.15) is 19.3 Å². The maximum absolute atomic E-state index is 4.12. The van der Waals surface area contributed by atoms with Crippen LogP contribution in [-0.2, 0) is 0 Å². The lowest BCUT2D eigenvalue weighted by molar-refractivity contribution is 0.149. The van der Waals surface area contributed by atoms with Crippen LogP contribution in [0.25, 0.3) is 0 Å². The van der Waals surface area contributed by atoms with Gasteiger partial charge in [0.2, 0.25) is 0 Å². The third-order valence-corrected chi connectivity index (χ3v) is 7.71. The monoisotopic (exact) mass is 224 g/mol. The van der Waals surface area contributed by atoms with Gasteiger partial charge in [-0.15, -0.1) is 0 Å². The average Bonchev–Trinajstić information content (AvgIpc) is 2.55. The van der Waals surface area contributed by atoms with Crippen molar-refractivity contribution in [2.45, 2.75) is 23.6 Å². The first-order chi connectivity index (χ1) is 5.81. The van der Waals surface area contributed by atoms with Crippen LogP contribution >= 0.6 is 15.9 Å². The Morgan fingerprint density at radius 1 is 1.00 bits per heavy atom. The van der Waals surface area contributed by atoms with Crippen LogP contribution in [0.15, 0.2) is 0 Å². The van der Waals surface area contributed by atoms with Crippen LogP contribution in [0.5, 0.6) is 0 Å². The lowest BCUT2D eigenvalue weighted by atomic mass is 9.71. The highest BCUT2D eigenvalue weighted by Crippen LogP contribution is 2.86. The third-order valence-electron chi connectivity index (χ3n) is 6.27. The zero-order valence-corrected chi connectivity index (χ0v) is 8.63. The second-order valence-electron chi connectivity index (χ2n) is 5.97. The molecule has 0 spiro atoms. The van der Waals surface area contributed by atoms with E-state index in [0.717, 1.165) is 11.8 Å². The smallest absolute Gasteiger partial charge is 0.0325 e. The lowest BCUT2D eigenvalue weighted by Crippen LogP contribution is -2.39.